The minimum atomic E-state index is 0.143. The number of rotatable bonds is 6. The zero-order valence-corrected chi connectivity index (χ0v) is 10.9. The maximum atomic E-state index is 11.1. The Hall–Kier alpha value is -1.51. The van der Waals surface area contributed by atoms with Crippen LogP contribution in [-0.2, 0) is 11.2 Å². The minimum Gasteiger partial charge on any atom is -0.493 e. The molecule has 0 aromatic heterocycles. The molecule has 0 aliphatic heterocycles. The van der Waals surface area contributed by atoms with Crippen molar-refractivity contribution in [3.63, 3.8) is 0 Å². The van der Waals surface area contributed by atoms with Gasteiger partial charge in [0.05, 0.1) is 13.7 Å². The van der Waals surface area contributed by atoms with Crippen molar-refractivity contribution in [2.45, 2.75) is 27.2 Å². The summed E-state index contributed by atoms with van der Waals surface area (Å²) in [7, 11) is 1.61. The maximum Gasteiger partial charge on any atom is 0.161 e. The highest BCUT2D eigenvalue weighted by molar-refractivity contribution is 5.78. The summed E-state index contributed by atoms with van der Waals surface area (Å²) in [6.45, 7) is 6.40. The largest absolute Gasteiger partial charge is 0.493 e. The van der Waals surface area contributed by atoms with E-state index < -0.39 is 0 Å². The summed E-state index contributed by atoms with van der Waals surface area (Å²) in [4.78, 5) is 11.1. The minimum absolute atomic E-state index is 0.143. The number of hydrogen-bond donors (Lipinski definition) is 0. The van der Waals surface area contributed by atoms with Crippen molar-refractivity contribution >= 4 is 5.78 Å². The van der Waals surface area contributed by atoms with Crippen LogP contribution < -0.4 is 9.47 Å². The Morgan fingerprint density at radius 3 is 2.53 bits per heavy atom. The summed E-state index contributed by atoms with van der Waals surface area (Å²) in [5, 5.41) is 0. The lowest BCUT2D eigenvalue weighted by molar-refractivity contribution is -0.116. The third-order valence-electron chi connectivity index (χ3n) is 2.25. The second-order valence-corrected chi connectivity index (χ2v) is 4.57. The Labute approximate surface area is 103 Å². The van der Waals surface area contributed by atoms with E-state index in [4.69, 9.17) is 9.47 Å². The van der Waals surface area contributed by atoms with Gasteiger partial charge in [0, 0.05) is 6.42 Å². The van der Waals surface area contributed by atoms with E-state index in [1.165, 1.54) is 0 Å². The van der Waals surface area contributed by atoms with Gasteiger partial charge in [-0.05, 0) is 30.5 Å². The van der Waals surface area contributed by atoms with E-state index in [0.29, 0.717) is 30.4 Å². The molecule has 0 aliphatic carbocycles. The topological polar surface area (TPSA) is 35.5 Å². The van der Waals surface area contributed by atoms with Gasteiger partial charge < -0.3 is 9.47 Å². The molecule has 0 radical (unpaired) electrons. The highest BCUT2D eigenvalue weighted by Gasteiger charge is 2.08. The molecule has 0 amide bonds. The van der Waals surface area contributed by atoms with Crippen molar-refractivity contribution < 1.29 is 14.3 Å². The molecule has 0 fully saturated rings. The lowest BCUT2D eigenvalue weighted by atomic mass is 10.1. The van der Waals surface area contributed by atoms with Crippen LogP contribution in [0.4, 0.5) is 0 Å². The first kappa shape index (κ1) is 13.6. The van der Waals surface area contributed by atoms with Crippen LogP contribution in [0.1, 0.15) is 26.3 Å². The third-order valence-corrected chi connectivity index (χ3v) is 2.25. The fourth-order valence-electron chi connectivity index (χ4n) is 1.49. The average molecular weight is 236 g/mol. The van der Waals surface area contributed by atoms with Gasteiger partial charge in [0.2, 0.25) is 0 Å². The fourth-order valence-corrected chi connectivity index (χ4v) is 1.49. The smallest absolute Gasteiger partial charge is 0.161 e. The zero-order chi connectivity index (χ0) is 12.8. The Kier molecular flexibility index (Phi) is 5.01. The normalized spacial score (nSPS) is 10.4. The van der Waals surface area contributed by atoms with Crippen molar-refractivity contribution in [3.05, 3.63) is 23.8 Å². The Balaban J connectivity index is 2.85. The summed E-state index contributed by atoms with van der Waals surface area (Å²) in [6, 6.07) is 5.61. The highest BCUT2D eigenvalue weighted by Crippen LogP contribution is 2.28. The van der Waals surface area contributed by atoms with Gasteiger partial charge in [-0.2, -0.15) is 0 Å². The number of ketones is 1. The van der Waals surface area contributed by atoms with Crippen LogP contribution in [0.2, 0.25) is 0 Å². The van der Waals surface area contributed by atoms with Gasteiger partial charge in [-0.25, -0.2) is 0 Å². The van der Waals surface area contributed by atoms with Crippen LogP contribution in [0.5, 0.6) is 11.5 Å². The van der Waals surface area contributed by atoms with Crippen LogP contribution >= 0.6 is 0 Å². The molecule has 1 aromatic rings. The van der Waals surface area contributed by atoms with Crippen molar-refractivity contribution in [3.8, 4) is 11.5 Å². The van der Waals surface area contributed by atoms with Gasteiger partial charge in [0.25, 0.3) is 0 Å². The van der Waals surface area contributed by atoms with E-state index in [2.05, 4.69) is 13.8 Å². The molecular formula is C14H20O3. The molecule has 0 unspecified atom stereocenters. The number of Topliss-reactive ketones (excluding diaryl/α,β-unsaturated/α-hetero) is 1. The molecule has 17 heavy (non-hydrogen) atoms. The first-order chi connectivity index (χ1) is 8.02. The summed E-state index contributed by atoms with van der Waals surface area (Å²) in [6.07, 6.45) is 0.433. The van der Waals surface area contributed by atoms with Crippen LogP contribution in [-0.4, -0.2) is 19.5 Å². The lowest BCUT2D eigenvalue weighted by Crippen LogP contribution is -2.06. The highest BCUT2D eigenvalue weighted by atomic mass is 16.5. The van der Waals surface area contributed by atoms with E-state index in [9.17, 15) is 4.79 Å². The standard InChI is InChI=1S/C14H20O3/c1-10(2)9-17-14-8-12(7-11(3)15)5-6-13(14)16-4/h5-6,8,10H,7,9H2,1-4H3. The number of hydrogen-bond acceptors (Lipinski definition) is 3. The van der Waals surface area contributed by atoms with Crippen LogP contribution in [0.25, 0.3) is 0 Å². The first-order valence-electron chi connectivity index (χ1n) is 5.82. The molecule has 94 valence electrons. The molecule has 0 heterocycles. The monoisotopic (exact) mass is 236 g/mol. The molecule has 1 aromatic carbocycles. The summed E-state index contributed by atoms with van der Waals surface area (Å²) in [5.74, 6) is 2.01. The molecule has 1 rings (SSSR count). The summed E-state index contributed by atoms with van der Waals surface area (Å²) < 4.78 is 10.9. The van der Waals surface area contributed by atoms with Gasteiger partial charge in [-0.3, -0.25) is 4.79 Å². The average Bonchev–Trinajstić information content (AvgIpc) is 2.25. The van der Waals surface area contributed by atoms with Gasteiger partial charge in [-0.15, -0.1) is 0 Å². The van der Waals surface area contributed by atoms with E-state index in [1.807, 2.05) is 18.2 Å². The summed E-state index contributed by atoms with van der Waals surface area (Å²) >= 11 is 0. The van der Waals surface area contributed by atoms with E-state index in [0.717, 1.165) is 5.56 Å². The number of methoxy groups -OCH3 is 1. The van der Waals surface area contributed by atoms with Crippen LogP contribution in [0, 0.1) is 5.92 Å². The van der Waals surface area contributed by atoms with Crippen molar-refractivity contribution in [1.29, 1.82) is 0 Å². The number of benzene rings is 1. The Morgan fingerprint density at radius 1 is 1.29 bits per heavy atom. The van der Waals surface area contributed by atoms with Crippen molar-refractivity contribution in [2.24, 2.45) is 5.92 Å². The van der Waals surface area contributed by atoms with Gasteiger partial charge >= 0.3 is 0 Å². The number of carbonyl (C=O) groups is 1. The second kappa shape index (κ2) is 6.28. The first-order valence-corrected chi connectivity index (χ1v) is 5.82. The maximum absolute atomic E-state index is 11.1. The lowest BCUT2D eigenvalue weighted by Gasteiger charge is -2.13. The molecule has 0 bridgehead atoms. The SMILES string of the molecule is COc1ccc(CC(C)=O)cc1OCC(C)C. The van der Waals surface area contributed by atoms with Crippen molar-refractivity contribution in [1.82, 2.24) is 0 Å². The molecule has 0 aliphatic rings. The van der Waals surface area contributed by atoms with Gasteiger partial charge in [-0.1, -0.05) is 19.9 Å². The van der Waals surface area contributed by atoms with Crippen LogP contribution in [0.15, 0.2) is 18.2 Å². The number of carbonyl (C=O) groups excluding carboxylic acids is 1. The molecule has 0 atom stereocenters. The molecule has 0 saturated carbocycles. The van der Waals surface area contributed by atoms with Crippen LogP contribution in [0.3, 0.4) is 0 Å². The van der Waals surface area contributed by atoms with E-state index >= 15 is 0 Å². The molecule has 3 heteroatoms. The zero-order valence-electron chi connectivity index (χ0n) is 10.9. The van der Waals surface area contributed by atoms with E-state index in [-0.39, 0.29) is 5.78 Å². The van der Waals surface area contributed by atoms with Gasteiger partial charge in [0.15, 0.2) is 11.5 Å². The Morgan fingerprint density at radius 2 is 2.00 bits per heavy atom. The molecule has 0 spiro atoms. The van der Waals surface area contributed by atoms with Crippen molar-refractivity contribution in [2.75, 3.05) is 13.7 Å². The fraction of sp³-hybridized carbons (Fsp3) is 0.500. The predicted octanol–water partition coefficient (Wildman–Crippen LogP) is 2.86. The Bertz CT molecular complexity index is 383. The quantitative estimate of drug-likeness (QED) is 0.762. The number of ether oxygens (including phenoxy) is 2. The molecule has 3 nitrogen and oxygen atoms in total. The molecule has 0 saturated heterocycles. The third kappa shape index (κ3) is 4.47. The predicted molar refractivity (Wildman–Crippen MR) is 67.7 cm³/mol. The molecular weight excluding hydrogens is 216 g/mol. The van der Waals surface area contributed by atoms with E-state index in [1.54, 1.807) is 14.0 Å². The molecule has 0 N–H and O–H groups in total. The second-order valence-electron chi connectivity index (χ2n) is 4.57. The summed E-state index contributed by atoms with van der Waals surface area (Å²) in [5.41, 5.74) is 0.956. The van der Waals surface area contributed by atoms with Gasteiger partial charge in [0.1, 0.15) is 5.78 Å².